The minimum absolute atomic E-state index is 0.446. The number of likely N-dealkylation sites (N-methyl/N-ethyl adjacent to an activating group) is 1. The van der Waals surface area contributed by atoms with Crippen molar-refractivity contribution in [2.24, 2.45) is 7.05 Å². The molecule has 0 fully saturated rings. The highest BCUT2D eigenvalue weighted by atomic mass is 16.3. The number of furan rings is 1. The van der Waals surface area contributed by atoms with Crippen molar-refractivity contribution in [2.45, 2.75) is 32.2 Å². The Morgan fingerprint density at radius 3 is 3.00 bits per heavy atom. The third-order valence-corrected chi connectivity index (χ3v) is 3.16. The molecule has 0 aliphatic carbocycles. The van der Waals surface area contributed by atoms with E-state index >= 15 is 0 Å². The lowest BCUT2D eigenvalue weighted by atomic mass is 10.1. The number of imidazole rings is 1. The Hall–Kier alpha value is -1.55. The van der Waals surface area contributed by atoms with Crippen LogP contribution in [-0.2, 0) is 19.9 Å². The summed E-state index contributed by atoms with van der Waals surface area (Å²) in [5.41, 5.74) is 0. The second-order valence-electron chi connectivity index (χ2n) is 4.53. The van der Waals surface area contributed by atoms with E-state index in [0.717, 1.165) is 37.4 Å². The molecular formula is C14H21N3O. The number of aryl methyl sites for hydroxylation is 2. The van der Waals surface area contributed by atoms with Gasteiger partial charge < -0.3 is 14.3 Å². The van der Waals surface area contributed by atoms with Crippen LogP contribution in [0.25, 0.3) is 0 Å². The summed E-state index contributed by atoms with van der Waals surface area (Å²) >= 11 is 0. The van der Waals surface area contributed by atoms with Crippen LogP contribution in [-0.4, -0.2) is 22.1 Å². The number of hydrogen-bond acceptors (Lipinski definition) is 3. The van der Waals surface area contributed by atoms with Gasteiger partial charge in [0.1, 0.15) is 11.6 Å². The van der Waals surface area contributed by atoms with Gasteiger partial charge >= 0.3 is 0 Å². The molecule has 0 spiro atoms. The summed E-state index contributed by atoms with van der Waals surface area (Å²) < 4.78 is 7.45. The molecule has 4 nitrogen and oxygen atoms in total. The van der Waals surface area contributed by atoms with Gasteiger partial charge in [0.05, 0.1) is 6.26 Å². The number of aromatic nitrogens is 2. The third kappa shape index (κ3) is 3.47. The van der Waals surface area contributed by atoms with Crippen molar-refractivity contribution >= 4 is 0 Å². The van der Waals surface area contributed by atoms with Crippen LogP contribution in [0, 0.1) is 0 Å². The number of hydrogen-bond donors (Lipinski definition) is 1. The summed E-state index contributed by atoms with van der Waals surface area (Å²) in [5, 5.41) is 3.52. The predicted molar refractivity (Wildman–Crippen MR) is 71.4 cm³/mol. The lowest BCUT2D eigenvalue weighted by molar-refractivity contribution is 0.440. The summed E-state index contributed by atoms with van der Waals surface area (Å²) in [6.45, 7) is 3.12. The molecule has 4 heteroatoms. The first kappa shape index (κ1) is 12.9. The molecule has 2 aromatic heterocycles. The highest BCUT2D eigenvalue weighted by Gasteiger charge is 2.12. The van der Waals surface area contributed by atoms with Gasteiger partial charge in [-0.05, 0) is 25.1 Å². The van der Waals surface area contributed by atoms with Gasteiger partial charge in [0.25, 0.3) is 0 Å². The largest absolute Gasteiger partial charge is 0.469 e. The first-order chi connectivity index (χ1) is 8.79. The zero-order chi connectivity index (χ0) is 12.8. The van der Waals surface area contributed by atoms with Gasteiger partial charge in [-0.15, -0.1) is 0 Å². The summed E-state index contributed by atoms with van der Waals surface area (Å²) in [4.78, 5) is 4.38. The smallest absolute Gasteiger partial charge is 0.109 e. The van der Waals surface area contributed by atoms with E-state index in [1.807, 2.05) is 31.6 Å². The molecule has 2 heterocycles. The molecule has 0 amide bonds. The molecule has 1 atom stereocenters. The van der Waals surface area contributed by atoms with Crippen LogP contribution in [0.15, 0.2) is 35.2 Å². The van der Waals surface area contributed by atoms with Crippen molar-refractivity contribution in [1.82, 2.24) is 14.9 Å². The number of nitrogens with one attached hydrogen (secondary N) is 1. The van der Waals surface area contributed by atoms with E-state index in [-0.39, 0.29) is 0 Å². The Bertz CT molecular complexity index is 447. The van der Waals surface area contributed by atoms with E-state index in [9.17, 15) is 0 Å². The Kier molecular flexibility index (Phi) is 4.59. The highest BCUT2D eigenvalue weighted by molar-refractivity contribution is 5.00. The summed E-state index contributed by atoms with van der Waals surface area (Å²) in [6, 6.07) is 4.42. The number of rotatable bonds is 7. The molecule has 0 saturated heterocycles. The summed E-state index contributed by atoms with van der Waals surface area (Å²) in [7, 11) is 2.04. The fourth-order valence-electron chi connectivity index (χ4n) is 2.15. The Balaban J connectivity index is 1.89. The van der Waals surface area contributed by atoms with Crippen LogP contribution in [0.5, 0.6) is 0 Å². The average Bonchev–Trinajstić information content (AvgIpc) is 2.99. The van der Waals surface area contributed by atoms with Gasteiger partial charge in [-0.25, -0.2) is 4.98 Å². The molecule has 2 aromatic rings. The molecule has 0 radical (unpaired) electrons. The zero-order valence-corrected chi connectivity index (χ0v) is 11.1. The Morgan fingerprint density at radius 1 is 1.50 bits per heavy atom. The SMILES string of the molecule is CCNC(CCc1ccco1)Cc1nccn1C. The lowest BCUT2D eigenvalue weighted by Gasteiger charge is -2.17. The molecular weight excluding hydrogens is 226 g/mol. The van der Waals surface area contributed by atoms with Crippen molar-refractivity contribution < 1.29 is 4.42 Å². The third-order valence-electron chi connectivity index (χ3n) is 3.16. The molecule has 18 heavy (non-hydrogen) atoms. The Morgan fingerprint density at radius 2 is 2.39 bits per heavy atom. The van der Waals surface area contributed by atoms with Crippen molar-refractivity contribution in [1.29, 1.82) is 0 Å². The van der Waals surface area contributed by atoms with Crippen molar-refractivity contribution in [3.05, 3.63) is 42.4 Å². The van der Waals surface area contributed by atoms with Gasteiger partial charge in [-0.2, -0.15) is 0 Å². The van der Waals surface area contributed by atoms with E-state index in [4.69, 9.17) is 4.42 Å². The monoisotopic (exact) mass is 247 g/mol. The molecule has 0 aliphatic rings. The Labute approximate surface area is 108 Å². The fourth-order valence-corrected chi connectivity index (χ4v) is 2.15. The molecule has 98 valence electrons. The van der Waals surface area contributed by atoms with Crippen molar-refractivity contribution in [3.8, 4) is 0 Å². The molecule has 2 rings (SSSR count). The van der Waals surface area contributed by atoms with Crippen LogP contribution in [0.3, 0.4) is 0 Å². The fraction of sp³-hybridized carbons (Fsp3) is 0.500. The van der Waals surface area contributed by atoms with Gasteiger partial charge in [0.15, 0.2) is 0 Å². The summed E-state index contributed by atoms with van der Waals surface area (Å²) in [5.74, 6) is 2.18. The molecule has 1 N–H and O–H groups in total. The van der Waals surface area contributed by atoms with Crippen LogP contribution < -0.4 is 5.32 Å². The lowest BCUT2D eigenvalue weighted by Crippen LogP contribution is -2.32. The van der Waals surface area contributed by atoms with Crippen LogP contribution in [0.2, 0.25) is 0 Å². The van der Waals surface area contributed by atoms with Crippen LogP contribution >= 0.6 is 0 Å². The van der Waals surface area contributed by atoms with Gasteiger partial charge in [0.2, 0.25) is 0 Å². The topological polar surface area (TPSA) is 43.0 Å². The minimum Gasteiger partial charge on any atom is -0.469 e. The van der Waals surface area contributed by atoms with Gasteiger partial charge in [-0.1, -0.05) is 6.92 Å². The predicted octanol–water partition coefficient (Wildman–Crippen LogP) is 2.17. The highest BCUT2D eigenvalue weighted by Crippen LogP contribution is 2.09. The molecule has 0 saturated carbocycles. The van der Waals surface area contributed by atoms with Crippen LogP contribution in [0.1, 0.15) is 24.9 Å². The maximum Gasteiger partial charge on any atom is 0.109 e. The van der Waals surface area contributed by atoms with Crippen LogP contribution in [0.4, 0.5) is 0 Å². The maximum absolute atomic E-state index is 5.37. The molecule has 0 bridgehead atoms. The maximum atomic E-state index is 5.37. The second-order valence-corrected chi connectivity index (χ2v) is 4.53. The average molecular weight is 247 g/mol. The number of nitrogens with zero attached hydrogens (tertiary/aromatic N) is 2. The molecule has 0 aromatic carbocycles. The normalized spacial score (nSPS) is 12.8. The van der Waals surface area contributed by atoms with Crippen molar-refractivity contribution in [3.63, 3.8) is 0 Å². The standard InChI is InChI=1S/C14H21N3O/c1-3-15-12(6-7-13-5-4-10-18-13)11-14-16-8-9-17(14)2/h4-5,8-10,12,15H,3,6-7,11H2,1-2H3. The molecule has 0 aliphatic heterocycles. The van der Waals surface area contributed by atoms with E-state index in [0.29, 0.717) is 6.04 Å². The van der Waals surface area contributed by atoms with E-state index in [2.05, 4.69) is 21.8 Å². The van der Waals surface area contributed by atoms with Gasteiger partial charge in [-0.3, -0.25) is 0 Å². The zero-order valence-electron chi connectivity index (χ0n) is 11.1. The van der Waals surface area contributed by atoms with Crippen molar-refractivity contribution in [2.75, 3.05) is 6.54 Å². The first-order valence-electron chi connectivity index (χ1n) is 6.51. The molecule has 1 unspecified atom stereocenters. The second kappa shape index (κ2) is 6.40. The minimum atomic E-state index is 0.446. The van der Waals surface area contributed by atoms with E-state index in [1.165, 1.54) is 0 Å². The van der Waals surface area contributed by atoms with E-state index in [1.54, 1.807) is 6.26 Å². The first-order valence-corrected chi connectivity index (χ1v) is 6.51. The quantitative estimate of drug-likeness (QED) is 0.815. The van der Waals surface area contributed by atoms with Gasteiger partial charge in [0, 0.05) is 38.3 Å². The van der Waals surface area contributed by atoms with E-state index < -0.39 is 0 Å². The summed E-state index contributed by atoms with van der Waals surface area (Å²) in [6.07, 6.45) is 8.56.